The molecule has 300 valence electrons. The molecule has 2 saturated carbocycles. The smallest absolute Gasteiger partial charge is 0.407 e. The van der Waals surface area contributed by atoms with Gasteiger partial charge in [-0.25, -0.2) is 14.8 Å². The number of carbonyl (C=O) groups is 3. The highest BCUT2D eigenvalue weighted by Gasteiger charge is 2.43. The second-order valence-corrected chi connectivity index (χ2v) is 15.2. The molecule has 0 bridgehead atoms. The summed E-state index contributed by atoms with van der Waals surface area (Å²) >= 11 is 0. The first-order valence-electron chi connectivity index (χ1n) is 18.9. The van der Waals surface area contributed by atoms with E-state index in [0.717, 1.165) is 101 Å². The molecule has 56 heavy (non-hydrogen) atoms. The van der Waals surface area contributed by atoms with Gasteiger partial charge in [-0.3, -0.25) is 9.59 Å². The molecule has 0 radical (unpaired) electrons. The molecule has 15 heteroatoms. The number of hydrogen-bond donors (Lipinski definition) is 3. The van der Waals surface area contributed by atoms with Crippen molar-refractivity contribution in [3.8, 4) is 22.3 Å². The lowest BCUT2D eigenvalue weighted by Crippen LogP contribution is -2.49. The first kappa shape index (κ1) is 43.3. The molecule has 0 unspecified atom stereocenters. The van der Waals surface area contributed by atoms with Gasteiger partial charge in [0.05, 0.1) is 41.3 Å². The fourth-order valence-electron chi connectivity index (χ4n) is 8.45. The van der Waals surface area contributed by atoms with Crippen LogP contribution in [0.15, 0.2) is 60.7 Å². The first-order valence-corrected chi connectivity index (χ1v) is 18.9. The van der Waals surface area contributed by atoms with E-state index in [1.165, 1.54) is 20.0 Å². The number of aromatic nitrogens is 4. The fraction of sp³-hybridized carbons (Fsp3) is 0.439. The molecule has 2 saturated heterocycles. The molecule has 4 atom stereocenters. The molecular weight excluding hydrogens is 783 g/mol. The average Bonchev–Trinajstić information content (AvgIpc) is 3.96. The maximum Gasteiger partial charge on any atom is 0.407 e. The Morgan fingerprint density at radius 3 is 1.55 bits per heavy atom. The Morgan fingerprint density at radius 1 is 0.661 bits per heavy atom. The monoisotopic (exact) mass is 835 g/mol. The number of benzene rings is 3. The number of fused-ring (bicyclic) bond motifs is 2. The van der Waals surface area contributed by atoms with Gasteiger partial charge in [0.25, 0.3) is 0 Å². The van der Waals surface area contributed by atoms with E-state index < -0.39 is 12.1 Å². The van der Waals surface area contributed by atoms with Crippen LogP contribution in [0.3, 0.4) is 0 Å². The van der Waals surface area contributed by atoms with Crippen LogP contribution >= 0.6 is 54.0 Å². The minimum absolute atomic E-state index is 0. The zero-order valence-electron chi connectivity index (χ0n) is 31.7. The highest BCUT2D eigenvalue weighted by atomic mass is 32.1. The van der Waals surface area contributed by atoms with Crippen molar-refractivity contribution in [2.75, 3.05) is 20.2 Å². The van der Waals surface area contributed by atoms with Crippen molar-refractivity contribution < 1.29 is 19.1 Å². The van der Waals surface area contributed by atoms with Crippen molar-refractivity contribution in [2.45, 2.75) is 76.4 Å². The lowest BCUT2D eigenvalue weighted by Gasteiger charge is -2.28. The van der Waals surface area contributed by atoms with Crippen LogP contribution in [0.5, 0.6) is 0 Å². The van der Waals surface area contributed by atoms with Crippen molar-refractivity contribution in [2.24, 2.45) is 17.8 Å². The number of amides is 3. The van der Waals surface area contributed by atoms with E-state index in [1.54, 1.807) is 0 Å². The van der Waals surface area contributed by atoms with E-state index in [-0.39, 0.29) is 89.7 Å². The van der Waals surface area contributed by atoms with E-state index in [0.29, 0.717) is 12.5 Å². The number of H-pyrrole nitrogens is 2. The number of rotatable bonds is 9. The third-order valence-corrected chi connectivity index (χ3v) is 11.8. The van der Waals surface area contributed by atoms with E-state index in [9.17, 15) is 14.4 Å². The lowest BCUT2D eigenvalue weighted by atomic mass is 10.00. The molecule has 11 nitrogen and oxygen atoms in total. The van der Waals surface area contributed by atoms with Crippen LogP contribution in [-0.2, 0) is 14.3 Å². The van der Waals surface area contributed by atoms with Gasteiger partial charge in [0.2, 0.25) is 11.8 Å². The Bertz CT molecular complexity index is 2190. The summed E-state index contributed by atoms with van der Waals surface area (Å²) in [6.07, 6.45) is 7.28. The molecule has 9 rings (SSSR count). The predicted molar refractivity (Wildman–Crippen MR) is 239 cm³/mol. The zero-order chi connectivity index (χ0) is 35.5. The molecule has 0 spiro atoms. The summed E-state index contributed by atoms with van der Waals surface area (Å²) in [5, 5.41) is 2.78. The molecule has 2 aliphatic carbocycles. The summed E-state index contributed by atoms with van der Waals surface area (Å²) in [7, 11) is 1.32. The Morgan fingerprint density at radius 2 is 1.11 bits per heavy atom. The summed E-state index contributed by atoms with van der Waals surface area (Å²) in [5.41, 5.74) is 8.07. The Kier molecular flexibility index (Phi) is 13.8. The number of aromatic amines is 2. The second kappa shape index (κ2) is 17.8. The van der Waals surface area contributed by atoms with Gasteiger partial charge in [-0.2, -0.15) is 54.0 Å². The summed E-state index contributed by atoms with van der Waals surface area (Å²) < 4.78 is 4.80. The van der Waals surface area contributed by atoms with Gasteiger partial charge in [0.15, 0.2) is 0 Å². The third kappa shape index (κ3) is 8.41. The van der Waals surface area contributed by atoms with Gasteiger partial charge in [0.1, 0.15) is 17.7 Å². The molecular formula is C41H53N7O4S4. The van der Waals surface area contributed by atoms with Crippen molar-refractivity contribution >= 4 is 94.0 Å². The third-order valence-electron chi connectivity index (χ3n) is 11.8. The average molecular weight is 836 g/mol. The van der Waals surface area contributed by atoms with Gasteiger partial charge in [-0.15, -0.1) is 0 Å². The minimum Gasteiger partial charge on any atom is -0.453 e. The predicted octanol–water partition coefficient (Wildman–Crippen LogP) is 7.73. The molecule has 3 aromatic carbocycles. The molecule has 3 amide bonds. The Balaban J connectivity index is 0.00000150. The number of alkyl carbamates (subject to hydrolysis) is 1. The molecule has 4 heterocycles. The van der Waals surface area contributed by atoms with Crippen LogP contribution < -0.4 is 5.32 Å². The van der Waals surface area contributed by atoms with E-state index in [2.05, 4.69) is 81.7 Å². The number of nitrogens with one attached hydrogen (secondary N) is 3. The fourth-order valence-corrected chi connectivity index (χ4v) is 8.45. The molecule has 5 aromatic rings. The van der Waals surface area contributed by atoms with Crippen LogP contribution in [0.4, 0.5) is 4.79 Å². The summed E-state index contributed by atoms with van der Waals surface area (Å²) in [5.74, 6) is 2.69. The number of hydrogen-bond acceptors (Lipinski definition) is 6. The molecule has 4 fully saturated rings. The second-order valence-electron chi connectivity index (χ2n) is 15.2. The first-order chi connectivity index (χ1) is 25.3. The molecule has 2 aromatic heterocycles. The quantitative estimate of drug-likeness (QED) is 0.139. The van der Waals surface area contributed by atoms with E-state index >= 15 is 0 Å². The largest absolute Gasteiger partial charge is 0.453 e. The van der Waals surface area contributed by atoms with Crippen molar-refractivity contribution in [3.05, 3.63) is 72.3 Å². The van der Waals surface area contributed by atoms with E-state index in [4.69, 9.17) is 14.7 Å². The van der Waals surface area contributed by atoms with Crippen LogP contribution in [0.2, 0.25) is 0 Å². The summed E-state index contributed by atoms with van der Waals surface area (Å²) in [6, 6.07) is 20.4. The number of methoxy groups -OCH3 is 1. The van der Waals surface area contributed by atoms with E-state index in [1.807, 2.05) is 11.0 Å². The summed E-state index contributed by atoms with van der Waals surface area (Å²) in [4.78, 5) is 59.8. The maximum absolute atomic E-state index is 13.6. The number of imidazole rings is 2. The number of nitrogens with zero attached hydrogens (tertiary/aromatic N) is 4. The highest BCUT2D eigenvalue weighted by molar-refractivity contribution is 7.59. The topological polar surface area (TPSA) is 136 Å². The highest BCUT2D eigenvalue weighted by Crippen LogP contribution is 2.41. The van der Waals surface area contributed by atoms with Crippen LogP contribution in [0.25, 0.3) is 44.3 Å². The Hall–Kier alpha value is -3.79. The minimum atomic E-state index is -0.572. The molecule has 3 N–H and O–H groups in total. The summed E-state index contributed by atoms with van der Waals surface area (Å²) in [6.45, 7) is 3.53. The zero-order valence-corrected chi connectivity index (χ0v) is 35.7. The van der Waals surface area contributed by atoms with Crippen molar-refractivity contribution in [1.29, 1.82) is 0 Å². The maximum atomic E-state index is 13.6. The van der Waals surface area contributed by atoms with Crippen molar-refractivity contribution in [1.82, 2.24) is 35.1 Å². The van der Waals surface area contributed by atoms with Crippen LogP contribution in [0, 0.1) is 17.8 Å². The molecule has 4 aliphatic rings. The van der Waals surface area contributed by atoms with Crippen molar-refractivity contribution in [3.63, 3.8) is 0 Å². The number of carbonyl (C=O) groups excluding carboxylic acids is 3. The number of ether oxygens (including phenoxy) is 1. The van der Waals surface area contributed by atoms with Gasteiger partial charge < -0.3 is 29.8 Å². The SMILES string of the molecule is COC(=O)N[C@H](C(=O)N1CCC[C@H]1c1nc2ccc(-c3ccc(-c4ccc5nc([C@@H]6CCCN6C(=O)[C@@H](C)C6CC6)[nH]c5c4)cc3)cc2[nH]1)C1CC1.S.S.S.S. The normalized spacial score (nSPS) is 20.0. The number of likely N-dealkylation sites (tertiary alicyclic amines) is 2. The van der Waals surface area contributed by atoms with Gasteiger partial charge in [-0.05, 0) is 110 Å². The van der Waals surface area contributed by atoms with Crippen LogP contribution in [-0.4, -0.2) is 73.9 Å². The van der Waals surface area contributed by atoms with Crippen LogP contribution in [0.1, 0.15) is 82.0 Å². The standard InChI is InChI=1S/C41H45N7O4.4H2S/c1-23(24-7-8-24)39(49)47-19-3-5-34(47)37-42-30-17-15-28(21-32(30)44-37)25-9-11-26(12-10-25)29-16-18-31-33(22-29)45-38(43-31)35-6-4-20-48(35)40(50)36(27-13-14-27)46-41(51)52-2;;;;/h9-12,15-18,21-24,27,34-36H,3-8,13-14,19-20H2,1-2H3,(H,42,44)(H,43,45)(H,46,51);4*1H2/t23-,34-,35-,36-;;;;/m0..../s1. The van der Waals surface area contributed by atoms with Gasteiger partial charge >= 0.3 is 6.09 Å². The Labute approximate surface area is 355 Å². The lowest BCUT2D eigenvalue weighted by molar-refractivity contribution is -0.137. The molecule has 2 aliphatic heterocycles. The van der Waals surface area contributed by atoms with Gasteiger partial charge in [-0.1, -0.05) is 43.3 Å². The van der Waals surface area contributed by atoms with Gasteiger partial charge in [0, 0.05) is 19.0 Å².